The Labute approximate surface area is 212 Å². The van der Waals surface area contributed by atoms with Crippen LogP contribution in [0.25, 0.3) is 11.1 Å². The van der Waals surface area contributed by atoms with Gasteiger partial charge in [-0.25, -0.2) is 4.39 Å². The third-order valence-electron chi connectivity index (χ3n) is 8.40. The first-order valence-corrected chi connectivity index (χ1v) is 12.7. The molecule has 2 aliphatic carbocycles. The van der Waals surface area contributed by atoms with Gasteiger partial charge in [-0.15, -0.1) is 0 Å². The Morgan fingerprint density at radius 1 is 1.19 bits per heavy atom. The zero-order chi connectivity index (χ0) is 25.8. The topological polar surface area (TPSA) is 59.4 Å². The van der Waals surface area contributed by atoms with Crippen LogP contribution in [0.4, 0.5) is 4.39 Å². The Hall–Kier alpha value is -3.21. The highest BCUT2D eigenvalue weighted by molar-refractivity contribution is 5.78. The lowest BCUT2D eigenvalue weighted by atomic mass is 9.75. The van der Waals surface area contributed by atoms with Crippen LogP contribution in [-0.2, 0) is 23.2 Å². The van der Waals surface area contributed by atoms with Crippen molar-refractivity contribution >= 4 is 5.97 Å². The van der Waals surface area contributed by atoms with Gasteiger partial charge in [0.1, 0.15) is 18.2 Å². The Morgan fingerprint density at radius 3 is 2.67 bits per heavy atom. The Morgan fingerprint density at radius 2 is 1.97 bits per heavy atom. The van der Waals surface area contributed by atoms with Crippen LogP contribution in [0.5, 0.6) is 5.75 Å². The minimum absolute atomic E-state index is 0.00791. The molecule has 1 N–H and O–H groups in total. The van der Waals surface area contributed by atoms with Gasteiger partial charge in [0.15, 0.2) is 0 Å². The SMILES string of the molecule is Cc1cc(-c2ccc(COc3ccc4c(c3)[C@]3(CC4)C[C@H]3C(=O)O)cc2[C@@H](C)C(C)(C)C)c(F)cn1. The quantitative estimate of drug-likeness (QED) is 0.399. The van der Waals surface area contributed by atoms with E-state index in [9.17, 15) is 14.3 Å². The number of nitrogens with zero attached hydrogens (tertiary/aromatic N) is 1. The smallest absolute Gasteiger partial charge is 0.307 e. The number of pyridine rings is 1. The van der Waals surface area contributed by atoms with E-state index in [0.29, 0.717) is 12.2 Å². The molecule has 1 spiro atoms. The van der Waals surface area contributed by atoms with Gasteiger partial charge in [-0.05, 0) is 83.5 Å². The van der Waals surface area contributed by atoms with E-state index < -0.39 is 5.97 Å². The van der Waals surface area contributed by atoms with Crippen LogP contribution in [-0.4, -0.2) is 16.1 Å². The number of carboxylic acids is 1. The van der Waals surface area contributed by atoms with Crippen molar-refractivity contribution in [2.45, 2.75) is 71.8 Å². The second-order valence-corrected chi connectivity index (χ2v) is 11.7. The number of carbonyl (C=O) groups is 1. The number of carboxylic acid groups (broad SMARTS) is 1. The molecule has 0 aliphatic heterocycles. The number of aromatic nitrogens is 1. The van der Waals surface area contributed by atoms with Gasteiger partial charge in [0.25, 0.3) is 0 Å². The highest BCUT2D eigenvalue weighted by atomic mass is 19.1. The van der Waals surface area contributed by atoms with Crippen LogP contribution in [0.1, 0.15) is 74.4 Å². The molecule has 188 valence electrons. The zero-order valence-corrected chi connectivity index (χ0v) is 21.7. The van der Waals surface area contributed by atoms with Crippen molar-refractivity contribution in [1.82, 2.24) is 4.98 Å². The number of fused-ring (bicyclic) bond motifs is 2. The molecule has 4 nitrogen and oxygen atoms in total. The van der Waals surface area contributed by atoms with Crippen LogP contribution >= 0.6 is 0 Å². The highest BCUT2D eigenvalue weighted by Gasteiger charge is 2.61. The number of rotatable bonds is 6. The van der Waals surface area contributed by atoms with E-state index in [4.69, 9.17) is 4.74 Å². The van der Waals surface area contributed by atoms with Crippen LogP contribution in [0, 0.1) is 24.1 Å². The van der Waals surface area contributed by atoms with Crippen molar-refractivity contribution in [3.63, 3.8) is 0 Å². The molecule has 0 unspecified atom stereocenters. The molecule has 36 heavy (non-hydrogen) atoms. The minimum Gasteiger partial charge on any atom is -0.489 e. The van der Waals surface area contributed by atoms with Crippen LogP contribution in [0.2, 0.25) is 0 Å². The molecule has 0 radical (unpaired) electrons. The molecule has 1 saturated carbocycles. The lowest BCUT2D eigenvalue weighted by Gasteiger charge is -2.30. The molecule has 0 saturated heterocycles. The van der Waals surface area contributed by atoms with E-state index in [1.165, 1.54) is 11.8 Å². The maximum Gasteiger partial charge on any atom is 0.307 e. The molecule has 2 aromatic carbocycles. The maximum absolute atomic E-state index is 14.8. The van der Waals surface area contributed by atoms with Gasteiger partial charge in [0.2, 0.25) is 0 Å². The third kappa shape index (κ3) is 4.29. The first-order chi connectivity index (χ1) is 17.0. The summed E-state index contributed by atoms with van der Waals surface area (Å²) >= 11 is 0. The Bertz CT molecular complexity index is 1340. The summed E-state index contributed by atoms with van der Waals surface area (Å²) in [6.07, 6.45) is 3.85. The number of benzene rings is 2. The van der Waals surface area contributed by atoms with Gasteiger partial charge in [0.05, 0.1) is 12.1 Å². The average molecular weight is 488 g/mol. The first kappa shape index (κ1) is 24.5. The van der Waals surface area contributed by atoms with E-state index in [-0.39, 0.29) is 28.5 Å². The van der Waals surface area contributed by atoms with Crippen LogP contribution < -0.4 is 4.74 Å². The van der Waals surface area contributed by atoms with Gasteiger partial charge in [-0.1, -0.05) is 52.0 Å². The number of hydrogen-bond acceptors (Lipinski definition) is 3. The van der Waals surface area contributed by atoms with Gasteiger partial charge in [-0.3, -0.25) is 9.78 Å². The van der Waals surface area contributed by atoms with E-state index in [1.54, 1.807) is 0 Å². The fraction of sp³-hybridized carbons (Fsp3) is 0.419. The molecule has 1 heterocycles. The van der Waals surface area contributed by atoms with Crippen molar-refractivity contribution in [3.8, 4) is 16.9 Å². The van der Waals surface area contributed by atoms with Crippen LogP contribution in [0.3, 0.4) is 0 Å². The van der Waals surface area contributed by atoms with Crippen molar-refractivity contribution in [2.75, 3.05) is 0 Å². The standard InChI is InChI=1S/C31H34FNO3/c1-18-12-25(28(32)16-33-18)23-9-6-20(13-24(23)19(2)30(3,4)5)17-36-22-8-7-21-10-11-31(26(21)14-22)15-27(31)29(34)35/h6-9,12-14,16,19,27H,10-11,15,17H2,1-5H3,(H,34,35)/t19-,27+,31+/m1/s1. The van der Waals surface area contributed by atoms with E-state index >= 15 is 0 Å². The fourth-order valence-corrected chi connectivity index (χ4v) is 5.71. The molecular formula is C31H34FNO3. The molecule has 3 aromatic rings. The molecule has 1 aromatic heterocycles. The second kappa shape index (κ2) is 8.72. The average Bonchev–Trinajstić information content (AvgIpc) is 3.47. The molecule has 5 rings (SSSR count). The van der Waals surface area contributed by atoms with Crippen molar-refractivity contribution < 1.29 is 19.0 Å². The van der Waals surface area contributed by atoms with Crippen molar-refractivity contribution in [3.05, 3.63) is 82.4 Å². The molecular weight excluding hydrogens is 453 g/mol. The molecule has 1 fully saturated rings. The summed E-state index contributed by atoms with van der Waals surface area (Å²) in [6, 6.07) is 14.1. The summed E-state index contributed by atoms with van der Waals surface area (Å²) in [6.45, 7) is 11.0. The second-order valence-electron chi connectivity index (χ2n) is 11.7. The monoisotopic (exact) mass is 487 g/mol. The highest BCUT2D eigenvalue weighted by Crippen LogP contribution is 2.62. The largest absolute Gasteiger partial charge is 0.489 e. The number of halogens is 1. The molecule has 0 bridgehead atoms. The minimum atomic E-state index is -0.699. The van der Waals surface area contributed by atoms with Crippen molar-refractivity contribution in [1.29, 1.82) is 0 Å². The van der Waals surface area contributed by atoms with Gasteiger partial charge in [-0.2, -0.15) is 0 Å². The fourth-order valence-electron chi connectivity index (χ4n) is 5.71. The normalized spacial score (nSPS) is 21.3. The van der Waals surface area contributed by atoms with E-state index in [1.807, 2.05) is 37.3 Å². The van der Waals surface area contributed by atoms with Gasteiger partial charge >= 0.3 is 5.97 Å². The molecule has 3 atom stereocenters. The lowest BCUT2D eigenvalue weighted by molar-refractivity contribution is -0.139. The van der Waals surface area contributed by atoms with Gasteiger partial charge < -0.3 is 9.84 Å². The molecule has 5 heteroatoms. The number of aliphatic carboxylic acids is 1. The Balaban J connectivity index is 1.43. The lowest BCUT2D eigenvalue weighted by Crippen LogP contribution is -2.17. The van der Waals surface area contributed by atoms with Crippen LogP contribution in [0.15, 0.2) is 48.7 Å². The summed E-state index contributed by atoms with van der Waals surface area (Å²) in [4.78, 5) is 15.7. The maximum atomic E-state index is 14.8. The first-order valence-electron chi connectivity index (χ1n) is 12.7. The molecule has 0 amide bonds. The number of aryl methyl sites for hydroxylation is 2. The van der Waals surface area contributed by atoms with Gasteiger partial charge in [0, 0.05) is 16.7 Å². The van der Waals surface area contributed by atoms with Crippen molar-refractivity contribution in [2.24, 2.45) is 11.3 Å². The summed E-state index contributed by atoms with van der Waals surface area (Å²) < 4.78 is 21.0. The van der Waals surface area contributed by atoms with E-state index in [0.717, 1.165) is 53.0 Å². The summed E-state index contributed by atoms with van der Waals surface area (Å²) in [5.41, 5.74) is 6.52. The predicted molar refractivity (Wildman–Crippen MR) is 139 cm³/mol. The Kier molecular flexibility index (Phi) is 5.93. The molecule has 2 aliphatic rings. The van der Waals surface area contributed by atoms with E-state index in [2.05, 4.69) is 44.8 Å². The zero-order valence-electron chi connectivity index (χ0n) is 21.7. The number of hydrogen-bond donors (Lipinski definition) is 1. The summed E-state index contributed by atoms with van der Waals surface area (Å²) in [7, 11) is 0. The summed E-state index contributed by atoms with van der Waals surface area (Å²) in [5.74, 6) is -0.353. The summed E-state index contributed by atoms with van der Waals surface area (Å²) in [5, 5.41) is 9.53. The predicted octanol–water partition coefficient (Wildman–Crippen LogP) is 7.21. The third-order valence-corrected chi connectivity index (χ3v) is 8.40. The number of ether oxygens (including phenoxy) is 1.